The Bertz CT molecular complexity index is 1640. The predicted molar refractivity (Wildman–Crippen MR) is 133 cm³/mol. The number of nitro groups is 1. The minimum absolute atomic E-state index is 0.0465. The summed E-state index contributed by atoms with van der Waals surface area (Å²) in [4.78, 5) is 24.4. The summed E-state index contributed by atoms with van der Waals surface area (Å²) in [6.07, 6.45) is 0. The summed E-state index contributed by atoms with van der Waals surface area (Å²) in [5, 5.41) is 21.1. The van der Waals surface area contributed by atoms with Crippen LogP contribution < -0.4 is 5.56 Å². The molecule has 0 aliphatic rings. The highest BCUT2D eigenvalue weighted by Crippen LogP contribution is 2.36. The van der Waals surface area contributed by atoms with Gasteiger partial charge in [0.1, 0.15) is 0 Å². The number of rotatable bonds is 5. The Morgan fingerprint density at radius 2 is 1.79 bits per heavy atom. The number of hydrogen-bond donors (Lipinski definition) is 0. The number of hydrogen-bond acceptors (Lipinski definition) is 6. The van der Waals surface area contributed by atoms with E-state index >= 15 is 0 Å². The lowest BCUT2D eigenvalue weighted by molar-refractivity contribution is -0.384. The van der Waals surface area contributed by atoms with E-state index in [4.69, 9.17) is 0 Å². The van der Waals surface area contributed by atoms with Gasteiger partial charge in [-0.2, -0.15) is 0 Å². The largest absolute Gasteiger partial charge is 0.269 e. The molecule has 1 unspecified atom stereocenters. The smallest absolute Gasteiger partial charge is 0.268 e. The van der Waals surface area contributed by atoms with E-state index in [1.165, 1.54) is 17.8 Å². The number of aryl methyl sites for hydroxylation is 2. The van der Waals surface area contributed by atoms with Gasteiger partial charge in [0, 0.05) is 17.4 Å². The zero-order valence-corrected chi connectivity index (χ0v) is 19.6. The van der Waals surface area contributed by atoms with E-state index in [1.807, 2.05) is 67.6 Å². The summed E-state index contributed by atoms with van der Waals surface area (Å²) in [7, 11) is 0. The topological polar surface area (TPSA) is 95.3 Å². The zero-order valence-electron chi connectivity index (χ0n) is 18.8. The highest BCUT2D eigenvalue weighted by atomic mass is 32.2. The minimum Gasteiger partial charge on any atom is -0.268 e. The summed E-state index contributed by atoms with van der Waals surface area (Å²) in [5.41, 5.74) is 4.22. The first kappa shape index (κ1) is 21.8. The molecule has 1 atom stereocenters. The molecule has 170 valence electrons. The Hall–Kier alpha value is -3.98. The maximum absolute atomic E-state index is 13.5. The molecule has 5 rings (SSSR count). The van der Waals surface area contributed by atoms with Crippen LogP contribution in [-0.4, -0.2) is 24.1 Å². The summed E-state index contributed by atoms with van der Waals surface area (Å²) in [6, 6.07) is 19.9. The molecule has 0 spiro atoms. The zero-order chi connectivity index (χ0) is 24.0. The lowest BCUT2D eigenvalue weighted by atomic mass is 10.1. The van der Waals surface area contributed by atoms with E-state index in [0.29, 0.717) is 21.8 Å². The monoisotopic (exact) mass is 471 g/mol. The van der Waals surface area contributed by atoms with Crippen molar-refractivity contribution in [1.29, 1.82) is 0 Å². The van der Waals surface area contributed by atoms with Gasteiger partial charge in [0.2, 0.25) is 5.78 Å². The van der Waals surface area contributed by atoms with Crippen molar-refractivity contribution in [3.8, 4) is 5.69 Å². The van der Waals surface area contributed by atoms with Gasteiger partial charge in [0.25, 0.3) is 11.2 Å². The van der Waals surface area contributed by atoms with E-state index in [1.54, 1.807) is 22.8 Å². The molecule has 2 aromatic heterocycles. The SMILES string of the molecule is Cc1ccc(-n2c(=O)c3ccccc3n3c(SC(C)c4cccc([N+](=O)[O-])c4)nnc23)c(C)c1. The Morgan fingerprint density at radius 1 is 1.00 bits per heavy atom. The number of aromatic nitrogens is 4. The Balaban J connectivity index is 1.71. The van der Waals surface area contributed by atoms with Crippen molar-refractivity contribution in [2.45, 2.75) is 31.2 Å². The molecule has 0 N–H and O–H groups in total. The number of fused-ring (bicyclic) bond motifs is 3. The van der Waals surface area contributed by atoms with Crippen molar-refractivity contribution in [1.82, 2.24) is 19.2 Å². The van der Waals surface area contributed by atoms with Crippen LogP contribution in [0.15, 0.2) is 76.7 Å². The van der Waals surface area contributed by atoms with Crippen LogP contribution in [-0.2, 0) is 0 Å². The first-order valence-corrected chi connectivity index (χ1v) is 11.6. The van der Waals surface area contributed by atoms with E-state index in [9.17, 15) is 14.9 Å². The molecule has 0 amide bonds. The second-order valence-corrected chi connectivity index (χ2v) is 9.49. The lowest BCUT2D eigenvalue weighted by Gasteiger charge is -2.15. The van der Waals surface area contributed by atoms with Gasteiger partial charge in [-0.05, 0) is 50.1 Å². The molecular formula is C25H21N5O3S. The first-order chi connectivity index (χ1) is 16.3. The van der Waals surface area contributed by atoms with Crippen LogP contribution in [0.2, 0.25) is 0 Å². The molecule has 0 fully saturated rings. The fraction of sp³-hybridized carbons (Fsp3) is 0.160. The van der Waals surface area contributed by atoms with Crippen LogP contribution in [0, 0.1) is 24.0 Å². The van der Waals surface area contributed by atoms with Crippen molar-refractivity contribution in [2.75, 3.05) is 0 Å². The van der Waals surface area contributed by atoms with Gasteiger partial charge in [-0.15, -0.1) is 10.2 Å². The van der Waals surface area contributed by atoms with Gasteiger partial charge in [0.15, 0.2) is 5.16 Å². The summed E-state index contributed by atoms with van der Waals surface area (Å²) < 4.78 is 3.49. The van der Waals surface area contributed by atoms with Gasteiger partial charge in [0.05, 0.1) is 21.5 Å². The molecule has 0 saturated carbocycles. The number of nitrogens with zero attached hydrogens (tertiary/aromatic N) is 5. The van der Waals surface area contributed by atoms with Crippen LogP contribution in [0.3, 0.4) is 0 Å². The van der Waals surface area contributed by atoms with Crippen molar-refractivity contribution in [3.63, 3.8) is 0 Å². The fourth-order valence-corrected chi connectivity index (χ4v) is 5.12. The second-order valence-electron chi connectivity index (χ2n) is 8.18. The molecule has 34 heavy (non-hydrogen) atoms. The summed E-state index contributed by atoms with van der Waals surface area (Å²) >= 11 is 1.44. The highest BCUT2D eigenvalue weighted by molar-refractivity contribution is 7.99. The van der Waals surface area contributed by atoms with Gasteiger partial charge >= 0.3 is 0 Å². The summed E-state index contributed by atoms with van der Waals surface area (Å²) in [6.45, 7) is 5.95. The van der Waals surface area contributed by atoms with Crippen LogP contribution >= 0.6 is 11.8 Å². The molecule has 0 aliphatic heterocycles. The van der Waals surface area contributed by atoms with Crippen LogP contribution in [0.1, 0.15) is 28.9 Å². The molecule has 9 heteroatoms. The molecule has 0 saturated heterocycles. The normalized spacial score (nSPS) is 12.3. The van der Waals surface area contributed by atoms with E-state index in [0.717, 1.165) is 22.4 Å². The molecule has 2 heterocycles. The third-order valence-corrected chi connectivity index (χ3v) is 6.92. The number of nitro benzene ring substituents is 1. The third kappa shape index (κ3) is 3.63. The van der Waals surface area contributed by atoms with E-state index < -0.39 is 4.92 Å². The van der Waals surface area contributed by atoms with Gasteiger partial charge in [-0.3, -0.25) is 19.3 Å². The number of thioether (sulfide) groups is 1. The molecule has 3 aromatic carbocycles. The van der Waals surface area contributed by atoms with Crippen molar-refractivity contribution < 1.29 is 4.92 Å². The Kier molecular flexibility index (Phi) is 5.41. The van der Waals surface area contributed by atoms with Gasteiger partial charge in [-0.1, -0.05) is 53.7 Å². The quantitative estimate of drug-likeness (QED) is 0.193. The highest BCUT2D eigenvalue weighted by Gasteiger charge is 2.21. The summed E-state index contributed by atoms with van der Waals surface area (Å²) in [5.74, 6) is 0.421. The number of para-hydroxylation sites is 1. The van der Waals surface area contributed by atoms with E-state index in [-0.39, 0.29) is 16.5 Å². The number of non-ortho nitro benzene ring substituents is 1. The second kappa shape index (κ2) is 8.42. The molecule has 0 aliphatic carbocycles. The predicted octanol–water partition coefficient (Wildman–Crippen LogP) is 5.41. The van der Waals surface area contributed by atoms with E-state index in [2.05, 4.69) is 10.2 Å². The standard InChI is InChI=1S/C25H21N5O3S/c1-15-11-12-21(16(2)13-15)28-23(31)20-9-4-5-10-22(20)29-24(28)26-27-25(29)34-17(3)18-7-6-8-19(14-18)30(32)33/h4-14,17H,1-3H3. The molecule has 0 bridgehead atoms. The maximum Gasteiger partial charge on any atom is 0.269 e. The average molecular weight is 472 g/mol. The van der Waals surface area contributed by atoms with Crippen molar-refractivity contribution in [2.24, 2.45) is 0 Å². The van der Waals surface area contributed by atoms with Crippen LogP contribution in [0.25, 0.3) is 22.4 Å². The molecule has 5 aromatic rings. The van der Waals surface area contributed by atoms with Gasteiger partial charge < -0.3 is 0 Å². The third-order valence-electron chi connectivity index (χ3n) is 5.82. The Labute approximate surface area is 199 Å². The van der Waals surface area contributed by atoms with Crippen LogP contribution in [0.5, 0.6) is 0 Å². The number of benzene rings is 3. The molecule has 0 radical (unpaired) electrons. The molecule has 8 nitrogen and oxygen atoms in total. The minimum atomic E-state index is -0.399. The maximum atomic E-state index is 13.5. The lowest BCUT2D eigenvalue weighted by Crippen LogP contribution is -2.22. The van der Waals surface area contributed by atoms with Crippen molar-refractivity contribution in [3.05, 3.63) is 104 Å². The van der Waals surface area contributed by atoms with Gasteiger partial charge in [-0.25, -0.2) is 4.57 Å². The molecular weight excluding hydrogens is 450 g/mol. The average Bonchev–Trinajstić information content (AvgIpc) is 3.23. The fourth-order valence-electron chi connectivity index (χ4n) is 4.15. The Morgan fingerprint density at radius 3 is 2.56 bits per heavy atom. The first-order valence-electron chi connectivity index (χ1n) is 10.7. The van der Waals surface area contributed by atoms with Crippen molar-refractivity contribution >= 4 is 34.1 Å². The van der Waals surface area contributed by atoms with Crippen LogP contribution in [0.4, 0.5) is 5.69 Å².